The molecule has 0 saturated carbocycles. The highest BCUT2D eigenvalue weighted by Crippen LogP contribution is 2.21. The zero-order chi connectivity index (χ0) is 10.8. The molecule has 2 aliphatic heterocycles. The molecule has 0 amide bonds. The van der Waals surface area contributed by atoms with E-state index in [0.29, 0.717) is 0 Å². The van der Waals surface area contributed by atoms with Crippen molar-refractivity contribution in [3.8, 4) is 0 Å². The predicted octanol–water partition coefficient (Wildman–Crippen LogP) is 1.50. The normalized spacial score (nSPS) is 19.6. The first-order valence-corrected chi connectivity index (χ1v) is 5.89. The molecule has 0 radical (unpaired) electrons. The average Bonchev–Trinajstić information content (AvgIpc) is 2.39. The van der Waals surface area contributed by atoms with Gasteiger partial charge in [-0.05, 0) is 29.7 Å². The predicted molar refractivity (Wildman–Crippen MR) is 65.6 cm³/mol. The number of hydrogen-bond donors (Lipinski definition) is 0. The third kappa shape index (κ3) is 1.83. The van der Waals surface area contributed by atoms with Gasteiger partial charge in [0, 0.05) is 31.5 Å². The molecule has 84 valence electrons. The van der Waals surface area contributed by atoms with Crippen molar-refractivity contribution in [2.24, 2.45) is 4.99 Å². The van der Waals surface area contributed by atoms with Gasteiger partial charge in [-0.15, -0.1) is 0 Å². The topological polar surface area (TPSA) is 24.8 Å². The van der Waals surface area contributed by atoms with E-state index in [-0.39, 0.29) is 0 Å². The second-order valence-corrected chi connectivity index (χ2v) is 4.27. The molecule has 2 heterocycles. The lowest BCUT2D eigenvalue weighted by Crippen LogP contribution is -2.36. The van der Waals surface area contributed by atoms with Gasteiger partial charge in [-0.3, -0.25) is 4.99 Å². The van der Waals surface area contributed by atoms with E-state index in [1.54, 1.807) is 0 Å². The van der Waals surface area contributed by atoms with Crippen molar-refractivity contribution in [3.63, 3.8) is 0 Å². The first kappa shape index (κ1) is 9.85. The van der Waals surface area contributed by atoms with Crippen molar-refractivity contribution < 1.29 is 4.74 Å². The van der Waals surface area contributed by atoms with Crippen LogP contribution < -0.4 is 4.90 Å². The molecule has 1 aromatic rings. The Morgan fingerprint density at radius 2 is 2.06 bits per heavy atom. The van der Waals surface area contributed by atoms with Crippen molar-refractivity contribution in [1.82, 2.24) is 0 Å². The average molecular weight is 216 g/mol. The summed E-state index contributed by atoms with van der Waals surface area (Å²) in [6.07, 6.45) is 3.06. The molecule has 3 rings (SSSR count). The van der Waals surface area contributed by atoms with E-state index in [4.69, 9.17) is 4.74 Å². The summed E-state index contributed by atoms with van der Waals surface area (Å²) >= 11 is 0. The number of rotatable bonds is 1. The molecule has 0 atom stereocenters. The number of ether oxygens (including phenoxy) is 1. The van der Waals surface area contributed by atoms with Crippen LogP contribution in [0, 0.1) is 0 Å². The molecule has 1 saturated heterocycles. The smallest absolute Gasteiger partial charge is 0.0642 e. The Morgan fingerprint density at radius 1 is 1.19 bits per heavy atom. The number of hydrogen-bond acceptors (Lipinski definition) is 3. The van der Waals surface area contributed by atoms with Crippen molar-refractivity contribution in [2.75, 3.05) is 37.7 Å². The van der Waals surface area contributed by atoms with Gasteiger partial charge in [0.25, 0.3) is 0 Å². The Kier molecular flexibility index (Phi) is 2.62. The lowest BCUT2D eigenvalue weighted by atomic mass is 10.0. The number of morpholine rings is 1. The summed E-state index contributed by atoms with van der Waals surface area (Å²) in [5, 5.41) is 0. The molecule has 0 aliphatic carbocycles. The number of anilines is 1. The molecule has 3 nitrogen and oxygen atoms in total. The molecule has 0 spiro atoms. The zero-order valence-corrected chi connectivity index (χ0v) is 9.35. The van der Waals surface area contributed by atoms with Crippen LogP contribution >= 0.6 is 0 Å². The fourth-order valence-electron chi connectivity index (χ4n) is 2.30. The van der Waals surface area contributed by atoms with Crippen molar-refractivity contribution >= 4 is 11.9 Å². The molecule has 0 unspecified atom stereocenters. The zero-order valence-electron chi connectivity index (χ0n) is 9.35. The van der Waals surface area contributed by atoms with Crippen LogP contribution in [0.1, 0.15) is 11.1 Å². The number of fused-ring (bicyclic) bond motifs is 1. The summed E-state index contributed by atoms with van der Waals surface area (Å²) < 4.78 is 5.37. The maximum Gasteiger partial charge on any atom is 0.0642 e. The fourth-order valence-corrected chi connectivity index (χ4v) is 2.30. The minimum atomic E-state index is 0.846. The van der Waals surface area contributed by atoms with Gasteiger partial charge in [0.2, 0.25) is 0 Å². The SMILES string of the molecule is C1=NCCc2cc(N3CCOCC3)ccc21. The molecule has 3 heteroatoms. The molecule has 0 aromatic heterocycles. The Labute approximate surface area is 95.7 Å². The summed E-state index contributed by atoms with van der Waals surface area (Å²) in [6, 6.07) is 6.69. The monoisotopic (exact) mass is 216 g/mol. The summed E-state index contributed by atoms with van der Waals surface area (Å²) in [4.78, 5) is 6.70. The van der Waals surface area contributed by atoms with E-state index in [9.17, 15) is 0 Å². The van der Waals surface area contributed by atoms with Crippen LogP contribution in [0.15, 0.2) is 23.2 Å². The molecular formula is C13H16N2O. The van der Waals surface area contributed by atoms with Crippen LogP contribution in [0.25, 0.3) is 0 Å². The molecule has 0 bridgehead atoms. The summed E-state index contributed by atoms with van der Waals surface area (Å²) in [6.45, 7) is 4.64. The molecule has 1 fully saturated rings. The number of benzene rings is 1. The summed E-state index contributed by atoms with van der Waals surface area (Å²) in [5.74, 6) is 0. The molecule has 16 heavy (non-hydrogen) atoms. The van der Waals surface area contributed by atoms with Crippen molar-refractivity contribution in [1.29, 1.82) is 0 Å². The molecule has 2 aliphatic rings. The van der Waals surface area contributed by atoms with Crippen LogP contribution in [0.4, 0.5) is 5.69 Å². The van der Waals surface area contributed by atoms with Gasteiger partial charge in [-0.1, -0.05) is 6.07 Å². The molecular weight excluding hydrogens is 200 g/mol. The van der Waals surface area contributed by atoms with Crippen LogP contribution in [0.3, 0.4) is 0 Å². The highest BCUT2D eigenvalue weighted by Gasteiger charge is 2.13. The highest BCUT2D eigenvalue weighted by molar-refractivity contribution is 5.83. The van der Waals surface area contributed by atoms with Crippen LogP contribution in [-0.2, 0) is 11.2 Å². The van der Waals surface area contributed by atoms with Gasteiger partial charge in [0.1, 0.15) is 0 Å². The van der Waals surface area contributed by atoms with E-state index >= 15 is 0 Å². The van der Waals surface area contributed by atoms with Gasteiger partial charge >= 0.3 is 0 Å². The summed E-state index contributed by atoms with van der Waals surface area (Å²) in [5.41, 5.74) is 4.04. The Hall–Kier alpha value is -1.35. The Balaban J connectivity index is 1.87. The first-order chi connectivity index (χ1) is 7.93. The number of nitrogens with zero attached hydrogens (tertiary/aromatic N) is 2. The first-order valence-electron chi connectivity index (χ1n) is 5.89. The van der Waals surface area contributed by atoms with Crippen LogP contribution in [-0.4, -0.2) is 39.1 Å². The van der Waals surface area contributed by atoms with Gasteiger partial charge in [-0.2, -0.15) is 0 Å². The lowest BCUT2D eigenvalue weighted by molar-refractivity contribution is 0.122. The molecule has 0 N–H and O–H groups in total. The minimum Gasteiger partial charge on any atom is -0.378 e. The van der Waals surface area contributed by atoms with Gasteiger partial charge in [-0.25, -0.2) is 0 Å². The second-order valence-electron chi connectivity index (χ2n) is 4.27. The largest absolute Gasteiger partial charge is 0.378 e. The van der Waals surface area contributed by atoms with Gasteiger partial charge < -0.3 is 9.64 Å². The highest BCUT2D eigenvalue weighted by atomic mass is 16.5. The van der Waals surface area contributed by atoms with Gasteiger partial charge in [0.05, 0.1) is 13.2 Å². The lowest BCUT2D eigenvalue weighted by Gasteiger charge is -2.29. The fraction of sp³-hybridized carbons (Fsp3) is 0.462. The second kappa shape index (κ2) is 4.26. The Morgan fingerprint density at radius 3 is 2.94 bits per heavy atom. The van der Waals surface area contributed by atoms with E-state index < -0.39 is 0 Å². The van der Waals surface area contributed by atoms with E-state index in [1.165, 1.54) is 16.8 Å². The van der Waals surface area contributed by atoms with E-state index in [1.807, 2.05) is 6.21 Å². The van der Waals surface area contributed by atoms with Crippen LogP contribution in [0.5, 0.6) is 0 Å². The Bertz CT molecular complexity index is 408. The van der Waals surface area contributed by atoms with E-state index in [0.717, 1.165) is 39.3 Å². The van der Waals surface area contributed by atoms with Gasteiger partial charge in [0.15, 0.2) is 0 Å². The van der Waals surface area contributed by atoms with Crippen LogP contribution in [0.2, 0.25) is 0 Å². The quantitative estimate of drug-likeness (QED) is 0.710. The van der Waals surface area contributed by atoms with Crippen molar-refractivity contribution in [3.05, 3.63) is 29.3 Å². The standard InChI is InChI=1S/C13H16N2O/c1-2-13(15-5-7-16-8-6-15)9-11-3-4-14-10-12(1)11/h1-2,9-10H,3-8H2. The number of aliphatic imine (C=N–C) groups is 1. The third-order valence-electron chi connectivity index (χ3n) is 3.24. The minimum absolute atomic E-state index is 0.846. The third-order valence-corrected chi connectivity index (χ3v) is 3.24. The maximum atomic E-state index is 5.37. The maximum absolute atomic E-state index is 5.37. The molecule has 1 aromatic carbocycles. The summed E-state index contributed by atoms with van der Waals surface area (Å²) in [7, 11) is 0. The van der Waals surface area contributed by atoms with Crippen molar-refractivity contribution in [2.45, 2.75) is 6.42 Å². The van der Waals surface area contributed by atoms with E-state index in [2.05, 4.69) is 28.1 Å².